The molecule has 4 nitrogen and oxygen atoms in total. The molecule has 2 aromatic rings. The van der Waals surface area contributed by atoms with Gasteiger partial charge in [-0.3, -0.25) is 4.79 Å². The predicted molar refractivity (Wildman–Crippen MR) is 66.3 cm³/mol. The van der Waals surface area contributed by atoms with Crippen molar-refractivity contribution in [1.82, 2.24) is 10.2 Å². The number of hydrogen-bond acceptors (Lipinski definition) is 3. The van der Waals surface area contributed by atoms with Gasteiger partial charge in [-0.2, -0.15) is 5.10 Å². The number of aromatic amines is 1. The quantitative estimate of drug-likeness (QED) is 0.859. The number of hydrogen-bond donors (Lipinski definition) is 1. The van der Waals surface area contributed by atoms with Crippen LogP contribution in [0.5, 0.6) is 5.75 Å². The maximum atomic E-state index is 11.3. The summed E-state index contributed by atoms with van der Waals surface area (Å²) in [5.41, 5.74) is 3.65. The minimum atomic E-state index is -0.218. The number of ether oxygens (including phenoxy) is 1. The first-order chi connectivity index (χ1) is 8.11. The largest absolute Gasteiger partial charge is 0.496 e. The van der Waals surface area contributed by atoms with Gasteiger partial charge >= 0.3 is 0 Å². The van der Waals surface area contributed by atoms with Crippen LogP contribution in [0.1, 0.15) is 11.1 Å². The number of benzene rings is 1. The summed E-state index contributed by atoms with van der Waals surface area (Å²) in [5.74, 6) is 0.759. The van der Waals surface area contributed by atoms with Crippen LogP contribution in [-0.4, -0.2) is 17.3 Å². The van der Waals surface area contributed by atoms with Crippen molar-refractivity contribution in [3.05, 3.63) is 45.9 Å². The fourth-order valence-corrected chi connectivity index (χ4v) is 1.97. The smallest absolute Gasteiger partial charge is 0.264 e. The molecule has 0 saturated carbocycles. The molecule has 0 atom stereocenters. The summed E-state index contributed by atoms with van der Waals surface area (Å²) in [4.78, 5) is 11.3. The average Bonchev–Trinajstić information content (AvgIpc) is 2.27. The lowest BCUT2D eigenvalue weighted by Gasteiger charge is -2.12. The van der Waals surface area contributed by atoms with Crippen LogP contribution in [0.15, 0.2) is 29.2 Å². The van der Waals surface area contributed by atoms with E-state index in [1.807, 2.05) is 19.9 Å². The second-order valence-electron chi connectivity index (χ2n) is 3.99. The van der Waals surface area contributed by atoms with Gasteiger partial charge in [-0.25, -0.2) is 5.10 Å². The van der Waals surface area contributed by atoms with Gasteiger partial charge in [0.15, 0.2) is 0 Å². The zero-order valence-electron chi connectivity index (χ0n) is 10.1. The fourth-order valence-electron chi connectivity index (χ4n) is 1.97. The first-order valence-corrected chi connectivity index (χ1v) is 5.32. The lowest BCUT2D eigenvalue weighted by atomic mass is 9.99. The Labute approximate surface area is 99.3 Å². The summed E-state index contributed by atoms with van der Waals surface area (Å²) in [7, 11) is 1.62. The van der Waals surface area contributed by atoms with Gasteiger partial charge in [-0.15, -0.1) is 0 Å². The van der Waals surface area contributed by atoms with Gasteiger partial charge in [0.1, 0.15) is 5.75 Å². The summed E-state index contributed by atoms with van der Waals surface area (Å²) < 4.78 is 5.36. The van der Waals surface area contributed by atoms with E-state index < -0.39 is 0 Å². The number of nitrogens with zero attached hydrogens (tertiary/aromatic N) is 1. The third-order valence-electron chi connectivity index (χ3n) is 2.62. The van der Waals surface area contributed by atoms with Crippen molar-refractivity contribution in [1.29, 1.82) is 0 Å². The van der Waals surface area contributed by atoms with Crippen molar-refractivity contribution in [3.8, 4) is 16.9 Å². The molecule has 0 amide bonds. The summed E-state index contributed by atoms with van der Waals surface area (Å²) in [6.45, 7) is 4.00. The molecular formula is C13H14N2O2. The number of H-pyrrole nitrogens is 1. The molecule has 1 aromatic heterocycles. The Morgan fingerprint density at radius 2 is 2.00 bits per heavy atom. The van der Waals surface area contributed by atoms with Gasteiger partial charge in [0.05, 0.1) is 13.3 Å². The van der Waals surface area contributed by atoms with E-state index >= 15 is 0 Å². The van der Waals surface area contributed by atoms with Gasteiger partial charge in [-0.05, 0) is 31.0 Å². The predicted octanol–water partition coefficient (Wildman–Crippen LogP) is 2.06. The first kappa shape index (κ1) is 11.4. The molecule has 4 heteroatoms. The third kappa shape index (κ3) is 2.20. The Hall–Kier alpha value is -2.10. The number of aryl methyl sites for hydroxylation is 2. The number of rotatable bonds is 2. The average molecular weight is 230 g/mol. The van der Waals surface area contributed by atoms with E-state index in [9.17, 15) is 4.79 Å². The highest BCUT2D eigenvalue weighted by Crippen LogP contribution is 2.33. The molecular weight excluding hydrogens is 216 g/mol. The SMILES string of the molecule is COc1cc(C)cc(C)c1-c1cn[nH]c(=O)c1. The van der Waals surface area contributed by atoms with E-state index in [0.29, 0.717) is 0 Å². The Morgan fingerprint density at radius 1 is 1.24 bits per heavy atom. The normalized spacial score (nSPS) is 10.3. The van der Waals surface area contributed by atoms with Crippen molar-refractivity contribution in [2.75, 3.05) is 7.11 Å². The minimum Gasteiger partial charge on any atom is -0.496 e. The number of nitrogens with one attached hydrogen (secondary N) is 1. The van der Waals surface area contributed by atoms with Crippen LogP contribution < -0.4 is 10.3 Å². The fraction of sp³-hybridized carbons (Fsp3) is 0.231. The highest BCUT2D eigenvalue weighted by atomic mass is 16.5. The molecule has 88 valence electrons. The second-order valence-corrected chi connectivity index (χ2v) is 3.99. The van der Waals surface area contributed by atoms with Gasteiger partial charge in [0.2, 0.25) is 0 Å². The molecule has 1 heterocycles. The molecule has 0 aliphatic rings. The zero-order chi connectivity index (χ0) is 12.4. The molecule has 0 saturated heterocycles. The monoisotopic (exact) mass is 230 g/mol. The van der Waals surface area contributed by atoms with Crippen LogP contribution in [0.25, 0.3) is 11.1 Å². The van der Waals surface area contributed by atoms with Crippen LogP contribution in [0.2, 0.25) is 0 Å². The highest BCUT2D eigenvalue weighted by Gasteiger charge is 2.10. The molecule has 0 fully saturated rings. The topological polar surface area (TPSA) is 55.0 Å². The molecule has 0 unspecified atom stereocenters. The van der Waals surface area contributed by atoms with Gasteiger partial charge in [-0.1, -0.05) is 6.07 Å². The molecule has 0 radical (unpaired) electrons. The molecule has 0 aliphatic heterocycles. The maximum Gasteiger partial charge on any atom is 0.264 e. The minimum absolute atomic E-state index is 0.218. The van der Waals surface area contributed by atoms with Crippen LogP contribution >= 0.6 is 0 Å². The van der Waals surface area contributed by atoms with E-state index in [1.54, 1.807) is 13.3 Å². The summed E-state index contributed by atoms with van der Waals surface area (Å²) in [6, 6.07) is 5.52. The van der Waals surface area contributed by atoms with E-state index in [4.69, 9.17) is 4.74 Å². The standard InChI is InChI=1S/C13H14N2O2/c1-8-4-9(2)13(11(5-8)17-3)10-6-12(16)15-14-7-10/h4-7H,1-3H3,(H,15,16). The van der Waals surface area contributed by atoms with Gasteiger partial charge < -0.3 is 4.74 Å². The van der Waals surface area contributed by atoms with Gasteiger partial charge in [0.25, 0.3) is 5.56 Å². The zero-order valence-corrected chi connectivity index (χ0v) is 10.1. The Kier molecular flexibility index (Phi) is 2.95. The molecule has 0 spiro atoms. The van der Waals surface area contributed by atoms with Crippen LogP contribution in [0.3, 0.4) is 0 Å². The van der Waals surface area contributed by atoms with Crippen LogP contribution in [0.4, 0.5) is 0 Å². The Bertz CT molecular complexity index is 603. The van der Waals surface area contributed by atoms with Crippen LogP contribution in [0, 0.1) is 13.8 Å². The van der Waals surface area contributed by atoms with E-state index in [2.05, 4.69) is 16.3 Å². The molecule has 1 aromatic carbocycles. The van der Waals surface area contributed by atoms with Crippen LogP contribution in [-0.2, 0) is 0 Å². The Balaban J connectivity index is 2.70. The van der Waals surface area contributed by atoms with Crippen molar-refractivity contribution in [2.24, 2.45) is 0 Å². The summed E-state index contributed by atoms with van der Waals surface area (Å²) in [5, 5.41) is 6.17. The maximum absolute atomic E-state index is 11.3. The number of aromatic nitrogens is 2. The highest BCUT2D eigenvalue weighted by molar-refractivity contribution is 5.73. The van der Waals surface area contributed by atoms with Crippen molar-refractivity contribution in [2.45, 2.75) is 13.8 Å². The molecule has 0 bridgehead atoms. The molecule has 1 N–H and O–H groups in total. The third-order valence-corrected chi connectivity index (χ3v) is 2.62. The summed E-state index contributed by atoms with van der Waals surface area (Å²) in [6.07, 6.45) is 1.63. The van der Waals surface area contributed by atoms with Crippen molar-refractivity contribution < 1.29 is 4.74 Å². The van der Waals surface area contributed by atoms with E-state index in [-0.39, 0.29) is 5.56 Å². The first-order valence-electron chi connectivity index (χ1n) is 5.32. The molecule has 2 rings (SSSR count). The lowest BCUT2D eigenvalue weighted by Crippen LogP contribution is -2.06. The van der Waals surface area contributed by atoms with E-state index in [1.165, 1.54) is 6.07 Å². The molecule has 17 heavy (non-hydrogen) atoms. The Morgan fingerprint density at radius 3 is 2.65 bits per heavy atom. The van der Waals surface area contributed by atoms with Crippen molar-refractivity contribution in [3.63, 3.8) is 0 Å². The van der Waals surface area contributed by atoms with Gasteiger partial charge in [0, 0.05) is 17.2 Å². The van der Waals surface area contributed by atoms with Crippen molar-refractivity contribution >= 4 is 0 Å². The lowest BCUT2D eigenvalue weighted by molar-refractivity contribution is 0.416. The number of methoxy groups -OCH3 is 1. The molecule has 0 aliphatic carbocycles. The second kappa shape index (κ2) is 4.41. The summed E-state index contributed by atoms with van der Waals surface area (Å²) >= 11 is 0. The van der Waals surface area contributed by atoms with E-state index in [0.717, 1.165) is 28.0 Å².